The summed E-state index contributed by atoms with van der Waals surface area (Å²) >= 11 is 0. The molecule has 2 N–H and O–H groups in total. The highest BCUT2D eigenvalue weighted by Gasteiger charge is 2.50. The first-order chi connectivity index (χ1) is 4.76. The van der Waals surface area contributed by atoms with Gasteiger partial charge in [-0.05, 0) is 31.7 Å². The number of hydrogen-bond acceptors (Lipinski definition) is 2. The lowest BCUT2D eigenvalue weighted by atomic mass is 10.0. The van der Waals surface area contributed by atoms with Gasteiger partial charge in [-0.1, -0.05) is 0 Å². The fourth-order valence-corrected chi connectivity index (χ4v) is 2.18. The van der Waals surface area contributed by atoms with Gasteiger partial charge in [-0.15, -0.1) is 0 Å². The monoisotopic (exact) mass is 140 g/mol. The van der Waals surface area contributed by atoms with Gasteiger partial charge >= 0.3 is 0 Å². The van der Waals surface area contributed by atoms with Crippen LogP contribution < -0.4 is 5.73 Å². The zero-order valence-electron chi connectivity index (χ0n) is 6.64. The molecule has 1 spiro atoms. The Morgan fingerprint density at radius 3 is 2.60 bits per heavy atom. The molecule has 2 aliphatic rings. The van der Waals surface area contributed by atoms with Gasteiger partial charge in [0, 0.05) is 19.1 Å². The molecule has 1 atom stereocenters. The topological polar surface area (TPSA) is 29.3 Å². The van der Waals surface area contributed by atoms with Gasteiger partial charge in [0.05, 0.1) is 0 Å². The molecule has 0 unspecified atom stereocenters. The molecule has 1 aliphatic heterocycles. The molecule has 2 fully saturated rings. The van der Waals surface area contributed by atoms with Crippen molar-refractivity contribution in [2.24, 2.45) is 11.1 Å². The van der Waals surface area contributed by atoms with Gasteiger partial charge in [0.1, 0.15) is 0 Å². The van der Waals surface area contributed by atoms with Crippen LogP contribution in [0.3, 0.4) is 0 Å². The van der Waals surface area contributed by atoms with E-state index in [1.54, 1.807) is 0 Å². The zero-order chi connectivity index (χ0) is 7.19. The first kappa shape index (κ1) is 6.62. The van der Waals surface area contributed by atoms with Crippen molar-refractivity contribution < 1.29 is 0 Å². The molecule has 2 nitrogen and oxygen atoms in total. The van der Waals surface area contributed by atoms with Crippen molar-refractivity contribution in [3.8, 4) is 0 Å². The average Bonchev–Trinajstić information content (AvgIpc) is 2.55. The van der Waals surface area contributed by atoms with Gasteiger partial charge in [0.2, 0.25) is 0 Å². The Morgan fingerprint density at radius 2 is 2.30 bits per heavy atom. The van der Waals surface area contributed by atoms with Crippen molar-refractivity contribution in [3.63, 3.8) is 0 Å². The molecular weight excluding hydrogens is 124 g/mol. The van der Waals surface area contributed by atoms with Gasteiger partial charge < -0.3 is 10.6 Å². The van der Waals surface area contributed by atoms with Crippen LogP contribution in [0.15, 0.2) is 0 Å². The van der Waals surface area contributed by atoms with E-state index in [1.165, 1.54) is 25.8 Å². The Bertz CT molecular complexity index is 140. The molecule has 1 saturated carbocycles. The first-order valence-corrected chi connectivity index (χ1v) is 4.16. The second-order valence-corrected chi connectivity index (χ2v) is 4.01. The number of likely N-dealkylation sites (tertiary alicyclic amines) is 1. The van der Waals surface area contributed by atoms with E-state index in [4.69, 9.17) is 5.73 Å². The van der Waals surface area contributed by atoms with Crippen molar-refractivity contribution in [3.05, 3.63) is 0 Å². The molecule has 0 aromatic rings. The Labute approximate surface area is 62.4 Å². The maximum atomic E-state index is 5.63. The lowest BCUT2D eigenvalue weighted by Gasteiger charge is -2.15. The molecule has 2 rings (SSSR count). The van der Waals surface area contributed by atoms with Crippen LogP contribution in [-0.4, -0.2) is 31.1 Å². The van der Waals surface area contributed by atoms with Gasteiger partial charge in [-0.3, -0.25) is 0 Å². The summed E-state index contributed by atoms with van der Waals surface area (Å²) in [6.07, 6.45) is 4.27. The molecule has 0 bridgehead atoms. The second-order valence-electron chi connectivity index (χ2n) is 4.01. The summed E-state index contributed by atoms with van der Waals surface area (Å²) in [5.41, 5.74) is 6.37. The minimum absolute atomic E-state index is 0.683. The summed E-state index contributed by atoms with van der Waals surface area (Å²) in [6, 6.07) is 0.683. The van der Waals surface area contributed by atoms with E-state index < -0.39 is 0 Å². The van der Waals surface area contributed by atoms with E-state index in [2.05, 4.69) is 11.9 Å². The number of nitrogens with zero attached hydrogens (tertiary/aromatic N) is 1. The molecule has 1 aliphatic carbocycles. The minimum Gasteiger partial charge on any atom is -0.329 e. The van der Waals surface area contributed by atoms with Gasteiger partial charge in [0.15, 0.2) is 0 Å². The summed E-state index contributed by atoms with van der Waals surface area (Å²) in [4.78, 5) is 2.42. The van der Waals surface area contributed by atoms with Crippen molar-refractivity contribution in [2.75, 3.05) is 20.1 Å². The Hall–Kier alpha value is -0.0800. The summed E-state index contributed by atoms with van der Waals surface area (Å²) in [5, 5.41) is 0. The summed E-state index contributed by atoms with van der Waals surface area (Å²) in [6.45, 7) is 2.15. The van der Waals surface area contributed by atoms with Crippen molar-refractivity contribution in [2.45, 2.75) is 25.3 Å². The number of hydrogen-bond donors (Lipinski definition) is 1. The molecule has 0 amide bonds. The van der Waals surface area contributed by atoms with E-state index in [1.807, 2.05) is 0 Å². The molecule has 0 aromatic heterocycles. The van der Waals surface area contributed by atoms with Crippen LogP contribution in [0.4, 0.5) is 0 Å². The largest absolute Gasteiger partial charge is 0.329 e. The normalized spacial score (nSPS) is 37.2. The van der Waals surface area contributed by atoms with E-state index >= 15 is 0 Å². The van der Waals surface area contributed by atoms with Crippen LogP contribution in [0.5, 0.6) is 0 Å². The Balaban J connectivity index is 2.00. The van der Waals surface area contributed by atoms with Crippen molar-refractivity contribution >= 4 is 0 Å². The predicted octanol–water partition coefficient (Wildman–Crippen LogP) is 0.429. The number of likely N-dealkylation sites (N-methyl/N-ethyl adjacent to an activating group) is 1. The summed E-state index contributed by atoms with van der Waals surface area (Å²) in [5.74, 6) is 0. The molecule has 58 valence electrons. The van der Waals surface area contributed by atoms with Crippen LogP contribution in [0, 0.1) is 5.41 Å². The fourth-order valence-electron chi connectivity index (χ4n) is 2.18. The second kappa shape index (κ2) is 1.95. The third kappa shape index (κ3) is 0.867. The van der Waals surface area contributed by atoms with Gasteiger partial charge in [0.25, 0.3) is 0 Å². The van der Waals surface area contributed by atoms with Crippen LogP contribution >= 0.6 is 0 Å². The first-order valence-electron chi connectivity index (χ1n) is 4.16. The molecule has 10 heavy (non-hydrogen) atoms. The molecule has 0 radical (unpaired) electrons. The predicted molar refractivity (Wildman–Crippen MR) is 41.8 cm³/mol. The standard InChI is InChI=1S/C8H16N2/c1-10-6-8(2-3-8)4-7(10)5-9/h7H,2-6,9H2,1H3/t7-/m0/s1. The maximum absolute atomic E-state index is 5.63. The quantitative estimate of drug-likeness (QED) is 0.572. The van der Waals surface area contributed by atoms with Crippen LogP contribution in [0.2, 0.25) is 0 Å². The Kier molecular flexibility index (Phi) is 1.29. The lowest BCUT2D eigenvalue weighted by Crippen LogP contribution is -2.31. The zero-order valence-corrected chi connectivity index (χ0v) is 6.64. The minimum atomic E-state index is 0.683. The molecule has 1 saturated heterocycles. The molecule has 2 heteroatoms. The van der Waals surface area contributed by atoms with Crippen molar-refractivity contribution in [1.29, 1.82) is 0 Å². The van der Waals surface area contributed by atoms with Crippen LogP contribution in [0.25, 0.3) is 0 Å². The van der Waals surface area contributed by atoms with Gasteiger partial charge in [-0.2, -0.15) is 0 Å². The SMILES string of the molecule is CN1CC2(CC2)C[C@H]1CN. The smallest absolute Gasteiger partial charge is 0.0221 e. The Morgan fingerprint density at radius 1 is 1.60 bits per heavy atom. The fraction of sp³-hybridized carbons (Fsp3) is 1.00. The highest BCUT2D eigenvalue weighted by atomic mass is 15.2. The third-order valence-corrected chi connectivity index (χ3v) is 3.11. The number of nitrogens with two attached hydrogens (primary N) is 1. The van der Waals surface area contributed by atoms with Crippen LogP contribution in [-0.2, 0) is 0 Å². The van der Waals surface area contributed by atoms with E-state index in [9.17, 15) is 0 Å². The third-order valence-electron chi connectivity index (χ3n) is 3.11. The highest BCUT2D eigenvalue weighted by molar-refractivity contribution is 5.03. The van der Waals surface area contributed by atoms with Gasteiger partial charge in [-0.25, -0.2) is 0 Å². The van der Waals surface area contributed by atoms with Crippen LogP contribution in [0.1, 0.15) is 19.3 Å². The number of rotatable bonds is 1. The maximum Gasteiger partial charge on any atom is 0.0221 e. The molecular formula is C8H16N2. The van der Waals surface area contributed by atoms with E-state index in [0.717, 1.165) is 12.0 Å². The summed E-state index contributed by atoms with van der Waals surface area (Å²) < 4.78 is 0. The highest BCUT2D eigenvalue weighted by Crippen LogP contribution is 2.54. The lowest BCUT2D eigenvalue weighted by molar-refractivity contribution is 0.312. The van der Waals surface area contributed by atoms with E-state index in [-0.39, 0.29) is 0 Å². The van der Waals surface area contributed by atoms with Crippen molar-refractivity contribution in [1.82, 2.24) is 4.90 Å². The van der Waals surface area contributed by atoms with E-state index in [0.29, 0.717) is 6.04 Å². The molecule has 0 aromatic carbocycles. The molecule has 1 heterocycles. The average molecular weight is 140 g/mol. The summed E-state index contributed by atoms with van der Waals surface area (Å²) in [7, 11) is 2.20.